The quantitative estimate of drug-likeness (QED) is 0.774. The van der Waals surface area contributed by atoms with Crippen LogP contribution >= 0.6 is 0 Å². The Balaban J connectivity index is 2.04. The van der Waals surface area contributed by atoms with Gasteiger partial charge in [-0.2, -0.15) is 0 Å². The van der Waals surface area contributed by atoms with Crippen LogP contribution in [0.3, 0.4) is 0 Å². The van der Waals surface area contributed by atoms with Crippen LogP contribution in [0.25, 0.3) is 0 Å². The van der Waals surface area contributed by atoms with Gasteiger partial charge in [0, 0.05) is 20.1 Å². The molecule has 1 aliphatic rings. The van der Waals surface area contributed by atoms with Gasteiger partial charge in [-0.3, -0.25) is 9.10 Å². The van der Waals surface area contributed by atoms with Crippen LogP contribution in [0.15, 0.2) is 24.3 Å². The lowest BCUT2D eigenvalue weighted by molar-refractivity contribution is -0.138. The minimum absolute atomic E-state index is 0.0433. The van der Waals surface area contributed by atoms with Gasteiger partial charge in [-0.15, -0.1) is 0 Å². The fourth-order valence-electron chi connectivity index (χ4n) is 2.89. The molecular formula is C18H28N2O4S. The van der Waals surface area contributed by atoms with E-state index in [1.54, 1.807) is 24.3 Å². The van der Waals surface area contributed by atoms with E-state index in [9.17, 15) is 13.2 Å². The first-order valence-corrected chi connectivity index (χ1v) is 10.7. The summed E-state index contributed by atoms with van der Waals surface area (Å²) >= 11 is 0. The average molecular weight is 368 g/mol. The first kappa shape index (κ1) is 19.6. The zero-order valence-corrected chi connectivity index (χ0v) is 16.1. The first-order valence-electron chi connectivity index (χ1n) is 8.82. The van der Waals surface area contributed by atoms with E-state index in [1.165, 1.54) is 24.2 Å². The van der Waals surface area contributed by atoms with Crippen molar-refractivity contribution in [1.82, 2.24) is 4.90 Å². The average Bonchev–Trinajstić information content (AvgIpc) is 2.87. The van der Waals surface area contributed by atoms with Crippen LogP contribution in [-0.4, -0.2) is 51.7 Å². The summed E-state index contributed by atoms with van der Waals surface area (Å²) in [5.74, 6) is 0.613. The maximum Gasteiger partial charge on any atom is 0.263 e. The van der Waals surface area contributed by atoms with Crippen LogP contribution in [0.2, 0.25) is 0 Å². The molecule has 25 heavy (non-hydrogen) atoms. The largest absolute Gasteiger partial charge is 0.481 e. The Morgan fingerprint density at radius 2 is 1.72 bits per heavy atom. The molecule has 1 saturated heterocycles. The maximum absolute atomic E-state index is 12.7. The highest BCUT2D eigenvalue weighted by atomic mass is 32.2. The van der Waals surface area contributed by atoms with Crippen molar-refractivity contribution in [3.8, 4) is 5.75 Å². The van der Waals surface area contributed by atoms with Gasteiger partial charge in [0.1, 0.15) is 5.75 Å². The monoisotopic (exact) mass is 368 g/mol. The zero-order chi connectivity index (χ0) is 18.4. The van der Waals surface area contributed by atoms with Gasteiger partial charge in [-0.05, 0) is 43.5 Å². The summed E-state index contributed by atoms with van der Waals surface area (Å²) in [5, 5.41) is 0. The van der Waals surface area contributed by atoms with Crippen LogP contribution in [0.1, 0.15) is 39.0 Å². The van der Waals surface area contributed by atoms with Crippen LogP contribution in [0, 0.1) is 0 Å². The number of likely N-dealkylation sites (tertiary alicyclic amines) is 1. The lowest BCUT2D eigenvalue weighted by atomic mass is 10.2. The van der Waals surface area contributed by atoms with E-state index in [2.05, 4.69) is 0 Å². The molecule has 2 rings (SSSR count). The number of hydrogen-bond acceptors (Lipinski definition) is 4. The smallest absolute Gasteiger partial charge is 0.263 e. The summed E-state index contributed by atoms with van der Waals surface area (Å²) in [4.78, 5) is 14.6. The zero-order valence-electron chi connectivity index (χ0n) is 15.3. The third kappa shape index (κ3) is 5.36. The van der Waals surface area contributed by atoms with E-state index in [4.69, 9.17) is 4.74 Å². The molecule has 1 aromatic rings. The number of ether oxygens (including phenoxy) is 1. The second-order valence-corrected chi connectivity index (χ2v) is 8.49. The van der Waals surface area contributed by atoms with Gasteiger partial charge in [-0.1, -0.05) is 19.8 Å². The van der Waals surface area contributed by atoms with Crippen molar-refractivity contribution < 1.29 is 17.9 Å². The number of anilines is 1. The number of sulfonamides is 1. The molecule has 0 N–H and O–H groups in total. The fraction of sp³-hybridized carbons (Fsp3) is 0.611. The second kappa shape index (κ2) is 8.56. The Bertz CT molecular complexity index is 665. The molecule has 0 spiro atoms. The Labute approximate surface area is 150 Å². The minimum Gasteiger partial charge on any atom is -0.481 e. The summed E-state index contributed by atoms with van der Waals surface area (Å²) in [5.41, 5.74) is 0.557. The normalized spacial score (nSPS) is 16.8. The summed E-state index contributed by atoms with van der Waals surface area (Å²) in [6.07, 6.45) is 5.71. The minimum atomic E-state index is -3.30. The topological polar surface area (TPSA) is 66.9 Å². The summed E-state index contributed by atoms with van der Waals surface area (Å²) in [6, 6.07) is 6.77. The Hall–Kier alpha value is -1.76. The fourth-order valence-corrected chi connectivity index (χ4v) is 3.40. The summed E-state index contributed by atoms with van der Waals surface area (Å²) in [7, 11) is -1.79. The molecule has 0 aliphatic carbocycles. The number of rotatable bonds is 6. The van der Waals surface area contributed by atoms with Crippen molar-refractivity contribution in [2.24, 2.45) is 0 Å². The number of carbonyl (C=O) groups excluding carboxylic acids is 1. The molecule has 0 radical (unpaired) electrons. The number of nitrogens with zero attached hydrogens (tertiary/aromatic N) is 2. The third-order valence-electron chi connectivity index (χ3n) is 4.54. The van der Waals surface area contributed by atoms with Crippen molar-refractivity contribution in [1.29, 1.82) is 0 Å². The molecule has 0 unspecified atom stereocenters. The Morgan fingerprint density at radius 3 is 2.20 bits per heavy atom. The highest BCUT2D eigenvalue weighted by molar-refractivity contribution is 7.92. The van der Waals surface area contributed by atoms with E-state index in [0.29, 0.717) is 17.9 Å². The van der Waals surface area contributed by atoms with Crippen molar-refractivity contribution >= 4 is 21.6 Å². The number of benzene rings is 1. The van der Waals surface area contributed by atoms with Crippen LogP contribution in [-0.2, 0) is 14.8 Å². The van der Waals surface area contributed by atoms with E-state index in [0.717, 1.165) is 32.2 Å². The molecule has 0 aromatic heterocycles. The molecule has 1 aromatic carbocycles. The van der Waals surface area contributed by atoms with E-state index in [-0.39, 0.29) is 5.91 Å². The SMILES string of the molecule is CC[C@H](Oc1ccc(N(C)S(C)(=O)=O)cc1)C(=O)N1CCCCCC1. The van der Waals surface area contributed by atoms with Crippen molar-refractivity contribution in [2.45, 2.75) is 45.1 Å². The summed E-state index contributed by atoms with van der Waals surface area (Å²) < 4.78 is 30.2. The summed E-state index contributed by atoms with van der Waals surface area (Å²) in [6.45, 7) is 3.54. The van der Waals surface area contributed by atoms with Gasteiger partial charge >= 0.3 is 0 Å². The molecule has 1 aliphatic heterocycles. The molecule has 140 valence electrons. The van der Waals surface area contributed by atoms with Crippen LogP contribution < -0.4 is 9.04 Å². The molecule has 1 amide bonds. The molecule has 1 heterocycles. The van der Waals surface area contributed by atoms with Gasteiger partial charge in [0.2, 0.25) is 10.0 Å². The molecule has 1 atom stereocenters. The predicted molar refractivity (Wildman–Crippen MR) is 99.4 cm³/mol. The van der Waals surface area contributed by atoms with Crippen molar-refractivity contribution in [2.75, 3.05) is 30.7 Å². The predicted octanol–water partition coefficient (Wildman–Crippen LogP) is 2.64. The van der Waals surface area contributed by atoms with Gasteiger partial charge in [0.15, 0.2) is 6.10 Å². The van der Waals surface area contributed by atoms with E-state index < -0.39 is 16.1 Å². The molecular weight excluding hydrogens is 340 g/mol. The van der Waals surface area contributed by atoms with Crippen molar-refractivity contribution in [3.05, 3.63) is 24.3 Å². The van der Waals surface area contributed by atoms with E-state index >= 15 is 0 Å². The Morgan fingerprint density at radius 1 is 1.16 bits per heavy atom. The molecule has 7 heteroatoms. The van der Waals surface area contributed by atoms with Crippen molar-refractivity contribution in [3.63, 3.8) is 0 Å². The van der Waals surface area contributed by atoms with Gasteiger partial charge < -0.3 is 9.64 Å². The molecule has 6 nitrogen and oxygen atoms in total. The molecule has 0 bridgehead atoms. The number of carbonyl (C=O) groups is 1. The van der Waals surface area contributed by atoms with Crippen LogP contribution in [0.5, 0.6) is 5.75 Å². The van der Waals surface area contributed by atoms with Crippen LogP contribution in [0.4, 0.5) is 5.69 Å². The van der Waals surface area contributed by atoms with E-state index in [1.807, 2.05) is 11.8 Å². The second-order valence-electron chi connectivity index (χ2n) is 6.48. The maximum atomic E-state index is 12.7. The van der Waals surface area contributed by atoms with Gasteiger partial charge in [0.25, 0.3) is 5.91 Å². The standard InChI is InChI=1S/C18H28N2O4S/c1-4-17(18(21)20-13-7-5-6-8-14-20)24-16-11-9-15(10-12-16)19(2)25(3,22)23/h9-12,17H,4-8,13-14H2,1-3H3/t17-/m0/s1. The molecule has 0 saturated carbocycles. The highest BCUT2D eigenvalue weighted by Gasteiger charge is 2.25. The first-order chi connectivity index (χ1) is 11.8. The number of hydrogen-bond donors (Lipinski definition) is 0. The molecule has 1 fully saturated rings. The third-order valence-corrected chi connectivity index (χ3v) is 5.75. The lowest BCUT2D eigenvalue weighted by Gasteiger charge is -2.26. The van der Waals surface area contributed by atoms with Gasteiger partial charge in [-0.25, -0.2) is 8.42 Å². The Kier molecular flexibility index (Phi) is 6.70. The number of amides is 1. The lowest BCUT2D eigenvalue weighted by Crippen LogP contribution is -2.42. The van der Waals surface area contributed by atoms with Gasteiger partial charge in [0.05, 0.1) is 11.9 Å². The highest BCUT2D eigenvalue weighted by Crippen LogP contribution is 2.22.